The molecule has 1 aromatic heterocycles. The molecule has 0 radical (unpaired) electrons. The van der Waals surface area contributed by atoms with Gasteiger partial charge in [-0.05, 0) is 36.9 Å². The Morgan fingerprint density at radius 3 is 3.00 bits per heavy atom. The first kappa shape index (κ1) is 14.6. The van der Waals surface area contributed by atoms with Crippen LogP contribution in [0.3, 0.4) is 0 Å². The molecule has 0 saturated heterocycles. The Morgan fingerprint density at radius 1 is 1.38 bits per heavy atom. The Kier molecular flexibility index (Phi) is 4.60. The predicted octanol–water partition coefficient (Wildman–Crippen LogP) is 2.96. The summed E-state index contributed by atoms with van der Waals surface area (Å²) in [6.07, 6.45) is 5.24. The summed E-state index contributed by atoms with van der Waals surface area (Å²) in [5.41, 5.74) is 2.95. The molecule has 2 aromatic rings. The summed E-state index contributed by atoms with van der Waals surface area (Å²) in [4.78, 5) is 4.38. The van der Waals surface area contributed by atoms with E-state index in [0.717, 1.165) is 11.7 Å². The van der Waals surface area contributed by atoms with E-state index >= 15 is 0 Å². The Balaban J connectivity index is 1.90. The van der Waals surface area contributed by atoms with Gasteiger partial charge in [0.25, 0.3) is 0 Å². The highest BCUT2D eigenvalue weighted by Crippen LogP contribution is 2.38. The molecule has 2 unspecified atom stereocenters. The van der Waals surface area contributed by atoms with Crippen molar-refractivity contribution in [3.05, 3.63) is 41.7 Å². The number of nitrogens with one attached hydrogen (secondary N) is 1. The fourth-order valence-electron chi connectivity index (χ4n) is 3.04. The highest BCUT2D eigenvalue weighted by atomic mass is 32.2. The number of nitrogens with zero attached hydrogens (tertiary/aromatic N) is 3. The minimum Gasteiger partial charge on any atom is -0.309 e. The SMILES string of the molecule is CCNC1c2ccccc2CCCC1Sc1ncnn1C. The molecule has 1 heterocycles. The van der Waals surface area contributed by atoms with E-state index in [1.54, 1.807) is 6.33 Å². The van der Waals surface area contributed by atoms with Gasteiger partial charge in [-0.3, -0.25) is 0 Å². The molecule has 0 aliphatic heterocycles. The van der Waals surface area contributed by atoms with E-state index in [2.05, 4.69) is 46.6 Å². The highest BCUT2D eigenvalue weighted by molar-refractivity contribution is 7.99. The molecule has 1 aliphatic rings. The van der Waals surface area contributed by atoms with Crippen LogP contribution >= 0.6 is 11.8 Å². The van der Waals surface area contributed by atoms with Crippen LogP contribution in [0.15, 0.2) is 35.7 Å². The minimum atomic E-state index is 0.385. The van der Waals surface area contributed by atoms with Crippen molar-refractivity contribution in [1.82, 2.24) is 20.1 Å². The lowest BCUT2D eigenvalue weighted by molar-refractivity contribution is 0.514. The molecule has 21 heavy (non-hydrogen) atoms. The van der Waals surface area contributed by atoms with Gasteiger partial charge in [0, 0.05) is 18.3 Å². The zero-order valence-electron chi connectivity index (χ0n) is 12.6. The van der Waals surface area contributed by atoms with Gasteiger partial charge in [0.15, 0.2) is 5.16 Å². The Labute approximate surface area is 130 Å². The molecule has 3 rings (SSSR count). The normalized spacial score (nSPS) is 21.8. The van der Waals surface area contributed by atoms with Gasteiger partial charge >= 0.3 is 0 Å². The predicted molar refractivity (Wildman–Crippen MR) is 86.4 cm³/mol. The summed E-state index contributed by atoms with van der Waals surface area (Å²) in [5, 5.41) is 9.37. The lowest BCUT2D eigenvalue weighted by Gasteiger charge is -2.26. The lowest BCUT2D eigenvalue weighted by Crippen LogP contribution is -2.30. The number of hydrogen-bond donors (Lipinski definition) is 1. The molecular weight excluding hydrogens is 280 g/mol. The molecule has 0 spiro atoms. The van der Waals surface area contributed by atoms with Gasteiger partial charge in [0.1, 0.15) is 6.33 Å². The van der Waals surface area contributed by atoms with Crippen molar-refractivity contribution < 1.29 is 0 Å². The van der Waals surface area contributed by atoms with Gasteiger partial charge in [-0.25, -0.2) is 9.67 Å². The maximum Gasteiger partial charge on any atom is 0.186 e. The molecule has 0 amide bonds. The quantitative estimate of drug-likeness (QED) is 0.882. The average molecular weight is 302 g/mol. The van der Waals surface area contributed by atoms with Crippen molar-refractivity contribution in [3.63, 3.8) is 0 Å². The van der Waals surface area contributed by atoms with Crippen LogP contribution < -0.4 is 5.32 Å². The summed E-state index contributed by atoms with van der Waals surface area (Å²) >= 11 is 1.85. The maximum absolute atomic E-state index is 4.38. The molecule has 1 aliphatic carbocycles. The smallest absolute Gasteiger partial charge is 0.186 e. The van der Waals surface area contributed by atoms with E-state index in [-0.39, 0.29) is 0 Å². The van der Waals surface area contributed by atoms with Gasteiger partial charge in [-0.2, -0.15) is 5.10 Å². The molecule has 2 atom stereocenters. The Bertz CT molecular complexity index is 595. The largest absolute Gasteiger partial charge is 0.309 e. The van der Waals surface area contributed by atoms with Crippen LogP contribution in [0.2, 0.25) is 0 Å². The number of fused-ring (bicyclic) bond motifs is 1. The summed E-state index contributed by atoms with van der Waals surface area (Å²) in [6, 6.07) is 9.24. The van der Waals surface area contributed by atoms with Crippen LogP contribution in [-0.2, 0) is 13.5 Å². The Hall–Kier alpha value is -1.33. The second kappa shape index (κ2) is 6.62. The van der Waals surface area contributed by atoms with Crippen LogP contribution in [-0.4, -0.2) is 26.6 Å². The van der Waals surface area contributed by atoms with Crippen LogP contribution in [0.5, 0.6) is 0 Å². The second-order valence-corrected chi connectivity index (χ2v) is 6.66. The number of hydrogen-bond acceptors (Lipinski definition) is 4. The van der Waals surface area contributed by atoms with E-state index < -0.39 is 0 Å². The van der Waals surface area contributed by atoms with Crippen molar-refractivity contribution in [2.75, 3.05) is 6.54 Å². The first-order valence-corrected chi connectivity index (χ1v) is 8.49. The number of benzene rings is 1. The number of thioether (sulfide) groups is 1. The molecular formula is C16H22N4S. The average Bonchev–Trinajstić information content (AvgIpc) is 2.81. The molecule has 0 bridgehead atoms. The van der Waals surface area contributed by atoms with Crippen LogP contribution in [0.25, 0.3) is 0 Å². The third-order valence-electron chi connectivity index (χ3n) is 4.05. The third kappa shape index (κ3) is 3.14. The summed E-state index contributed by atoms with van der Waals surface area (Å²) < 4.78 is 1.87. The summed E-state index contributed by atoms with van der Waals surface area (Å²) in [5.74, 6) is 0. The van der Waals surface area contributed by atoms with Crippen molar-refractivity contribution in [1.29, 1.82) is 0 Å². The van der Waals surface area contributed by atoms with Crippen LogP contribution in [0, 0.1) is 0 Å². The van der Waals surface area contributed by atoms with Crippen molar-refractivity contribution in [2.45, 2.75) is 42.6 Å². The monoisotopic (exact) mass is 302 g/mol. The fraction of sp³-hybridized carbons (Fsp3) is 0.500. The standard InChI is InChI=1S/C16H22N4S/c1-3-17-15-13-9-5-4-7-12(13)8-6-10-14(15)21-16-18-11-19-20(16)2/h4-5,7,9,11,14-15,17H,3,6,8,10H2,1-2H3. The topological polar surface area (TPSA) is 42.7 Å². The number of rotatable bonds is 4. The fourth-order valence-corrected chi connectivity index (χ4v) is 4.28. The highest BCUT2D eigenvalue weighted by Gasteiger charge is 2.28. The van der Waals surface area contributed by atoms with E-state index in [1.165, 1.54) is 30.4 Å². The van der Waals surface area contributed by atoms with Crippen LogP contribution in [0.4, 0.5) is 0 Å². The third-order valence-corrected chi connectivity index (χ3v) is 5.44. The van der Waals surface area contributed by atoms with Crippen molar-refractivity contribution >= 4 is 11.8 Å². The van der Waals surface area contributed by atoms with E-state index in [4.69, 9.17) is 0 Å². The molecule has 0 fully saturated rings. The maximum atomic E-state index is 4.38. The molecule has 4 nitrogen and oxygen atoms in total. The first-order valence-electron chi connectivity index (χ1n) is 7.61. The number of aryl methyl sites for hydroxylation is 2. The molecule has 5 heteroatoms. The molecule has 1 N–H and O–H groups in total. The molecule has 0 saturated carbocycles. The van der Waals surface area contributed by atoms with Gasteiger partial charge < -0.3 is 5.32 Å². The second-order valence-electron chi connectivity index (χ2n) is 5.45. The Morgan fingerprint density at radius 2 is 2.24 bits per heavy atom. The van der Waals surface area contributed by atoms with Gasteiger partial charge in [0.2, 0.25) is 0 Å². The first-order chi connectivity index (χ1) is 10.3. The molecule has 112 valence electrons. The minimum absolute atomic E-state index is 0.385. The zero-order valence-corrected chi connectivity index (χ0v) is 13.4. The van der Waals surface area contributed by atoms with E-state index in [1.807, 2.05) is 23.5 Å². The van der Waals surface area contributed by atoms with E-state index in [9.17, 15) is 0 Å². The van der Waals surface area contributed by atoms with Crippen molar-refractivity contribution in [2.24, 2.45) is 7.05 Å². The zero-order chi connectivity index (χ0) is 14.7. The molecule has 1 aromatic carbocycles. The van der Waals surface area contributed by atoms with Gasteiger partial charge in [-0.1, -0.05) is 43.0 Å². The summed E-state index contributed by atoms with van der Waals surface area (Å²) in [6.45, 7) is 3.16. The summed E-state index contributed by atoms with van der Waals surface area (Å²) in [7, 11) is 1.96. The number of aromatic nitrogens is 3. The van der Waals surface area contributed by atoms with Gasteiger partial charge in [-0.15, -0.1) is 0 Å². The lowest BCUT2D eigenvalue weighted by atomic mass is 9.99. The van der Waals surface area contributed by atoms with Crippen LogP contribution in [0.1, 0.15) is 36.9 Å². The van der Waals surface area contributed by atoms with E-state index in [0.29, 0.717) is 11.3 Å². The van der Waals surface area contributed by atoms with Crippen molar-refractivity contribution in [3.8, 4) is 0 Å². The van der Waals surface area contributed by atoms with Gasteiger partial charge in [0.05, 0.1) is 0 Å².